The number of aromatic nitrogens is 1. The second-order valence-corrected chi connectivity index (χ2v) is 7.02. The van der Waals surface area contributed by atoms with Gasteiger partial charge in [-0.2, -0.15) is 0 Å². The number of rotatable bonds is 7. The highest BCUT2D eigenvalue weighted by Crippen LogP contribution is 2.31. The average Bonchev–Trinajstić information content (AvgIpc) is 2.71. The van der Waals surface area contributed by atoms with Crippen molar-refractivity contribution in [3.05, 3.63) is 53.9 Å². The van der Waals surface area contributed by atoms with Crippen LogP contribution in [0.25, 0.3) is 11.1 Å². The molecule has 0 bridgehead atoms. The van der Waals surface area contributed by atoms with Crippen molar-refractivity contribution in [2.24, 2.45) is 5.73 Å². The van der Waals surface area contributed by atoms with Crippen LogP contribution in [0.2, 0.25) is 0 Å². The standard InChI is InChI=1S/C22H29N5O/c1-16(23)19(17(2)24)8-14-28-21-6-4-3-5-20(21)18-7-9-26-22(15-18)27-12-10-25-11-13-27/h3-7,9,15,23,25H,8,10-14,24H2,1-2H3/b19-17-,23-16?. The Kier molecular flexibility index (Phi) is 6.66. The Morgan fingerprint density at radius 3 is 2.68 bits per heavy atom. The van der Waals surface area contributed by atoms with Gasteiger partial charge in [0.1, 0.15) is 11.6 Å². The first kappa shape index (κ1) is 19.9. The zero-order valence-corrected chi connectivity index (χ0v) is 16.7. The highest BCUT2D eigenvalue weighted by molar-refractivity contribution is 5.96. The molecule has 4 N–H and O–H groups in total. The van der Waals surface area contributed by atoms with E-state index in [9.17, 15) is 0 Å². The fourth-order valence-corrected chi connectivity index (χ4v) is 3.43. The van der Waals surface area contributed by atoms with E-state index in [1.54, 1.807) is 6.92 Å². The van der Waals surface area contributed by atoms with Crippen LogP contribution in [0.1, 0.15) is 20.3 Å². The lowest BCUT2D eigenvalue weighted by Gasteiger charge is -2.28. The number of hydrogen-bond donors (Lipinski definition) is 3. The molecule has 28 heavy (non-hydrogen) atoms. The quantitative estimate of drug-likeness (QED) is 0.643. The molecule has 1 aromatic carbocycles. The van der Waals surface area contributed by atoms with Crippen molar-refractivity contribution in [2.45, 2.75) is 20.3 Å². The zero-order chi connectivity index (χ0) is 19.9. The lowest BCUT2D eigenvalue weighted by Crippen LogP contribution is -2.43. The SMILES string of the molecule is CC(=N)/C(CCOc1ccccc1-c1ccnc(N2CCNCC2)c1)=C(/C)N. The van der Waals surface area contributed by atoms with E-state index in [1.807, 2.05) is 37.4 Å². The van der Waals surface area contributed by atoms with Gasteiger partial charge in [0.2, 0.25) is 0 Å². The van der Waals surface area contributed by atoms with Crippen molar-refractivity contribution in [3.8, 4) is 16.9 Å². The molecule has 6 heteroatoms. The van der Waals surface area contributed by atoms with Crippen LogP contribution in [-0.2, 0) is 0 Å². The second kappa shape index (κ2) is 9.37. The highest BCUT2D eigenvalue weighted by atomic mass is 16.5. The molecule has 0 amide bonds. The molecule has 1 aliphatic rings. The third-order valence-corrected chi connectivity index (χ3v) is 4.92. The third kappa shape index (κ3) is 4.89. The van der Waals surface area contributed by atoms with Gasteiger partial charge in [0, 0.05) is 55.8 Å². The third-order valence-electron chi connectivity index (χ3n) is 4.92. The monoisotopic (exact) mass is 379 g/mol. The lowest BCUT2D eigenvalue weighted by atomic mass is 10.1. The highest BCUT2D eigenvalue weighted by Gasteiger charge is 2.14. The van der Waals surface area contributed by atoms with Crippen molar-refractivity contribution in [2.75, 3.05) is 37.7 Å². The number of pyridine rings is 1. The fraction of sp³-hybridized carbons (Fsp3) is 0.364. The van der Waals surface area contributed by atoms with Crippen molar-refractivity contribution >= 4 is 11.5 Å². The molecule has 3 rings (SSSR count). The van der Waals surface area contributed by atoms with Crippen molar-refractivity contribution in [3.63, 3.8) is 0 Å². The number of ether oxygens (including phenoxy) is 1. The Bertz CT molecular complexity index is 852. The number of allylic oxidation sites excluding steroid dienone is 1. The van der Waals surface area contributed by atoms with Gasteiger partial charge in [-0.25, -0.2) is 4.98 Å². The molecular formula is C22H29N5O. The number of nitrogens with two attached hydrogens (primary N) is 1. The summed E-state index contributed by atoms with van der Waals surface area (Å²) in [6.45, 7) is 7.95. The second-order valence-electron chi connectivity index (χ2n) is 7.02. The molecule has 6 nitrogen and oxygen atoms in total. The minimum Gasteiger partial charge on any atom is -0.493 e. The van der Waals surface area contributed by atoms with Crippen LogP contribution in [0, 0.1) is 5.41 Å². The maximum absolute atomic E-state index is 7.85. The number of anilines is 1. The normalized spacial score (nSPS) is 15.1. The first-order valence-electron chi connectivity index (χ1n) is 9.71. The van der Waals surface area contributed by atoms with E-state index in [1.165, 1.54) is 0 Å². The van der Waals surface area contributed by atoms with E-state index < -0.39 is 0 Å². The Morgan fingerprint density at radius 1 is 1.21 bits per heavy atom. The molecule has 2 aromatic rings. The number of hydrogen-bond acceptors (Lipinski definition) is 6. The van der Waals surface area contributed by atoms with E-state index in [2.05, 4.69) is 27.3 Å². The van der Waals surface area contributed by atoms with Gasteiger partial charge >= 0.3 is 0 Å². The van der Waals surface area contributed by atoms with Gasteiger partial charge in [-0.05, 0) is 43.2 Å². The summed E-state index contributed by atoms with van der Waals surface area (Å²) in [5.41, 5.74) is 10.0. The van der Waals surface area contributed by atoms with Gasteiger partial charge in [-0.3, -0.25) is 0 Å². The number of nitrogens with zero attached hydrogens (tertiary/aromatic N) is 2. The van der Waals surface area contributed by atoms with Crippen LogP contribution in [0.5, 0.6) is 5.75 Å². The summed E-state index contributed by atoms with van der Waals surface area (Å²) >= 11 is 0. The Balaban J connectivity index is 1.77. The minimum absolute atomic E-state index is 0.479. The summed E-state index contributed by atoms with van der Waals surface area (Å²) in [6.07, 6.45) is 2.48. The van der Waals surface area contributed by atoms with E-state index in [0.29, 0.717) is 24.4 Å². The lowest BCUT2D eigenvalue weighted by molar-refractivity contribution is 0.324. The molecule has 0 radical (unpaired) electrons. The minimum atomic E-state index is 0.479. The van der Waals surface area contributed by atoms with E-state index in [-0.39, 0.29) is 0 Å². The molecule has 0 aliphatic carbocycles. The Hall–Kier alpha value is -2.86. The summed E-state index contributed by atoms with van der Waals surface area (Å²) in [6, 6.07) is 12.2. The first-order chi connectivity index (χ1) is 13.6. The van der Waals surface area contributed by atoms with E-state index in [0.717, 1.165) is 54.4 Å². The Morgan fingerprint density at radius 2 is 1.96 bits per heavy atom. The van der Waals surface area contributed by atoms with E-state index in [4.69, 9.17) is 15.9 Å². The summed E-state index contributed by atoms with van der Waals surface area (Å²) in [7, 11) is 0. The average molecular weight is 380 g/mol. The van der Waals surface area contributed by atoms with Crippen LogP contribution in [0.3, 0.4) is 0 Å². The molecule has 0 saturated carbocycles. The molecule has 1 aromatic heterocycles. The van der Waals surface area contributed by atoms with Gasteiger partial charge in [-0.15, -0.1) is 0 Å². The molecule has 1 fully saturated rings. The number of benzene rings is 1. The van der Waals surface area contributed by atoms with Gasteiger partial charge in [0.15, 0.2) is 0 Å². The van der Waals surface area contributed by atoms with Crippen molar-refractivity contribution in [1.29, 1.82) is 5.41 Å². The molecule has 1 aliphatic heterocycles. The summed E-state index contributed by atoms with van der Waals surface area (Å²) in [5, 5.41) is 11.2. The van der Waals surface area contributed by atoms with Gasteiger partial charge in [0.25, 0.3) is 0 Å². The van der Waals surface area contributed by atoms with Crippen LogP contribution in [0.15, 0.2) is 53.9 Å². The molecule has 0 unspecified atom stereocenters. The largest absolute Gasteiger partial charge is 0.493 e. The molecule has 2 heterocycles. The Labute approximate surface area is 166 Å². The number of nitrogens with one attached hydrogen (secondary N) is 2. The number of piperazine rings is 1. The van der Waals surface area contributed by atoms with E-state index >= 15 is 0 Å². The van der Waals surface area contributed by atoms with Crippen LogP contribution >= 0.6 is 0 Å². The first-order valence-corrected chi connectivity index (χ1v) is 9.71. The predicted molar refractivity (Wildman–Crippen MR) is 115 cm³/mol. The van der Waals surface area contributed by atoms with Crippen LogP contribution in [0.4, 0.5) is 5.82 Å². The van der Waals surface area contributed by atoms with Gasteiger partial charge in [0.05, 0.1) is 6.61 Å². The smallest absolute Gasteiger partial charge is 0.129 e. The molecule has 148 valence electrons. The summed E-state index contributed by atoms with van der Waals surface area (Å²) in [4.78, 5) is 6.86. The zero-order valence-electron chi connectivity index (χ0n) is 16.7. The molecular weight excluding hydrogens is 350 g/mol. The molecule has 0 atom stereocenters. The van der Waals surface area contributed by atoms with Crippen LogP contribution in [-0.4, -0.2) is 43.5 Å². The van der Waals surface area contributed by atoms with Crippen molar-refractivity contribution in [1.82, 2.24) is 10.3 Å². The maximum Gasteiger partial charge on any atom is 0.129 e. The maximum atomic E-state index is 7.85. The van der Waals surface area contributed by atoms with Crippen molar-refractivity contribution < 1.29 is 4.74 Å². The molecule has 1 saturated heterocycles. The van der Waals surface area contributed by atoms with Gasteiger partial charge < -0.3 is 26.1 Å². The molecule has 0 spiro atoms. The predicted octanol–water partition coefficient (Wildman–Crippen LogP) is 3.20. The number of para-hydroxylation sites is 1. The summed E-state index contributed by atoms with van der Waals surface area (Å²) in [5.74, 6) is 1.83. The van der Waals surface area contributed by atoms with Gasteiger partial charge in [-0.1, -0.05) is 18.2 Å². The summed E-state index contributed by atoms with van der Waals surface area (Å²) < 4.78 is 6.08. The van der Waals surface area contributed by atoms with Crippen LogP contribution < -0.4 is 20.7 Å². The topological polar surface area (TPSA) is 87.3 Å². The fourth-order valence-electron chi connectivity index (χ4n) is 3.43.